The maximum atomic E-state index is 11.8. The van der Waals surface area contributed by atoms with Crippen molar-refractivity contribution in [2.45, 2.75) is 54.1 Å². The van der Waals surface area contributed by atoms with E-state index in [4.69, 9.17) is 90.4 Å². The van der Waals surface area contributed by atoms with Crippen LogP contribution in [-0.4, -0.2) is 156 Å². The van der Waals surface area contributed by atoms with Crippen LogP contribution in [0.3, 0.4) is 0 Å². The molecule has 8 aromatic rings. The van der Waals surface area contributed by atoms with Gasteiger partial charge in [-0.1, -0.05) is 24.3 Å². The summed E-state index contributed by atoms with van der Waals surface area (Å²) in [5, 5.41) is 74.6. The number of aliphatic hydroxyl groups is 3. The monoisotopic (exact) mass is 1430 g/mol. The van der Waals surface area contributed by atoms with Crippen LogP contribution in [0.2, 0.25) is 0 Å². The largest absolute Gasteiger partial charge is 0.491 e. The van der Waals surface area contributed by atoms with Crippen molar-refractivity contribution >= 4 is 91.3 Å². The molecule has 37 heteroatoms. The number of fused-ring (bicyclic) bond motifs is 1. The Balaban J connectivity index is 0.000000446. The lowest BCUT2D eigenvalue weighted by Crippen LogP contribution is -2.53. The first-order chi connectivity index (χ1) is 50.7. The molecule has 0 spiro atoms. The average Bonchev–Trinajstić information content (AvgIpc) is 1.26. The fourth-order valence-electron chi connectivity index (χ4n) is 9.34. The number of esters is 4. The molecule has 0 saturated heterocycles. The minimum atomic E-state index is -1.93. The van der Waals surface area contributed by atoms with Gasteiger partial charge in [0.15, 0.2) is 0 Å². The van der Waals surface area contributed by atoms with Gasteiger partial charge < -0.3 is 101 Å². The van der Waals surface area contributed by atoms with Crippen molar-refractivity contribution in [3.05, 3.63) is 183 Å². The predicted octanol–water partition coefficient (Wildman–Crippen LogP) is 4.61. The third kappa shape index (κ3) is 23.1. The van der Waals surface area contributed by atoms with Crippen LogP contribution in [0.5, 0.6) is 70.0 Å². The molecule has 0 amide bonds. The zero-order valence-corrected chi connectivity index (χ0v) is 56.4. The zero-order valence-electron chi connectivity index (χ0n) is 56.4. The fourth-order valence-corrected chi connectivity index (χ4v) is 9.34. The predicted molar refractivity (Wildman–Crippen MR) is 368 cm³/mol. The van der Waals surface area contributed by atoms with Crippen LogP contribution in [0.15, 0.2) is 121 Å². The first-order valence-corrected chi connectivity index (χ1v) is 31.4. The van der Waals surface area contributed by atoms with Gasteiger partial charge in [0.25, 0.3) is 0 Å². The molecule has 33 nitrogen and oxygen atoms in total. The summed E-state index contributed by atoms with van der Waals surface area (Å²) in [6.45, 7) is 24.9. The molecule has 0 fully saturated rings. The van der Waals surface area contributed by atoms with Crippen LogP contribution in [0.1, 0.15) is 55.5 Å². The molecule has 4 aromatic heterocycles. The summed E-state index contributed by atoms with van der Waals surface area (Å²) in [6, 6.07) is 31.2. The molecule has 0 radical (unpaired) electrons. The Kier molecular flexibility index (Phi) is 29.2. The van der Waals surface area contributed by atoms with E-state index in [1.807, 2.05) is 6.07 Å². The number of nitrogens with zero attached hydrogens (tertiary/aromatic N) is 8. The van der Waals surface area contributed by atoms with Gasteiger partial charge in [-0.25, -0.2) is 14.5 Å². The van der Waals surface area contributed by atoms with Gasteiger partial charge in [-0.3, -0.25) is 19.2 Å². The van der Waals surface area contributed by atoms with Crippen LogP contribution >= 0.6 is 0 Å². The van der Waals surface area contributed by atoms with Crippen molar-refractivity contribution in [1.29, 1.82) is 5.26 Å². The van der Waals surface area contributed by atoms with Gasteiger partial charge in [0, 0.05) is 33.8 Å². The molecule has 0 atom stereocenters. The summed E-state index contributed by atoms with van der Waals surface area (Å²) >= 11 is 0. The number of aliphatic hydroxyl groups excluding tert-OH is 3. The molecular formula is C68H62B4N8O25. The van der Waals surface area contributed by atoms with E-state index < -0.39 is 72.2 Å². The highest BCUT2D eigenvalue weighted by atomic mass is 16.6. The van der Waals surface area contributed by atoms with E-state index in [0.29, 0.717) is 17.8 Å². The lowest BCUT2D eigenvalue weighted by Gasteiger charge is -2.23. The standard InChI is InChI=1S/C51H47B3N6O19.C17H15BN2O6/c1-31(64)69-18-21-72-49-34(27-55)6-15-46(58-49)75-40-9-12-43(37(26-40)30-63)54(78-52(67)41-10-7-38(24-35(41)28-61)76-47-16-13-44(56-4)50(59-47)73-22-19-70-32(2)65)79-53(68)42-11-8-39(25-36(42)29-62)77-48-17-14-45(57-5)51(60-48)74-23-20-71-33(3)66;1-11(21)23-7-8-24-17-15(19-2)5-6-16(20-17)26-13-3-4-14-12(9-13)10-25-18(14)22/h6-17,24-26,61-63,67-68H,18-23,28-30H2,1-3H3;3-6,9,22H,7-8,10H2,1H3. The molecule has 5 heterocycles. The van der Waals surface area contributed by atoms with Crippen LogP contribution in [0, 0.1) is 31.0 Å². The number of rotatable bonds is 34. The van der Waals surface area contributed by atoms with E-state index >= 15 is 0 Å². The van der Waals surface area contributed by atoms with Gasteiger partial charge in [0.05, 0.1) is 46.1 Å². The molecule has 536 valence electrons. The summed E-state index contributed by atoms with van der Waals surface area (Å²) < 4.78 is 82.3. The van der Waals surface area contributed by atoms with Crippen LogP contribution in [-0.2, 0) is 78.4 Å². The summed E-state index contributed by atoms with van der Waals surface area (Å²) in [4.78, 5) is 71.3. The number of hydrogen-bond donors (Lipinski definition) is 6. The number of aromatic nitrogens is 4. The van der Waals surface area contributed by atoms with E-state index in [-0.39, 0.29) is 173 Å². The second-order valence-corrected chi connectivity index (χ2v) is 21.4. The van der Waals surface area contributed by atoms with Crippen molar-refractivity contribution in [3.8, 4) is 76.1 Å². The Labute approximate surface area is 600 Å². The normalized spacial score (nSPS) is 10.9. The van der Waals surface area contributed by atoms with E-state index in [1.165, 1.54) is 125 Å². The number of ether oxygens (including phenoxy) is 12. The molecule has 4 aromatic carbocycles. The first-order valence-electron chi connectivity index (χ1n) is 31.4. The minimum absolute atomic E-state index is 0.000517. The molecule has 1 aliphatic rings. The van der Waals surface area contributed by atoms with E-state index in [9.17, 15) is 54.8 Å². The lowest BCUT2D eigenvalue weighted by atomic mass is 9.65. The van der Waals surface area contributed by atoms with Crippen LogP contribution < -0.4 is 59.7 Å². The molecular weight excluding hydrogens is 1370 g/mol. The topological polar surface area (TPSA) is 417 Å². The third-order valence-electron chi connectivity index (χ3n) is 14.1. The summed E-state index contributed by atoms with van der Waals surface area (Å²) in [6.07, 6.45) is 0. The lowest BCUT2D eigenvalue weighted by molar-refractivity contribution is -0.142. The van der Waals surface area contributed by atoms with Crippen LogP contribution in [0.25, 0.3) is 14.5 Å². The Hall–Kier alpha value is -12.4. The number of carbonyl (C=O) groups is 4. The van der Waals surface area contributed by atoms with Gasteiger partial charge in [-0.2, -0.15) is 25.2 Å². The quantitative estimate of drug-likeness (QED) is 0.0105. The van der Waals surface area contributed by atoms with Gasteiger partial charge in [0.1, 0.15) is 87.5 Å². The zero-order chi connectivity index (χ0) is 75.4. The molecule has 105 heavy (non-hydrogen) atoms. The molecule has 0 bridgehead atoms. The van der Waals surface area contributed by atoms with Crippen molar-refractivity contribution in [1.82, 2.24) is 19.9 Å². The number of hydrogen-bond acceptors (Lipinski definition) is 30. The third-order valence-corrected chi connectivity index (χ3v) is 14.1. The van der Waals surface area contributed by atoms with E-state index in [0.717, 1.165) is 5.56 Å². The molecule has 9 rings (SSSR count). The maximum absolute atomic E-state index is 11.8. The SMILES string of the molecule is [C-]#[N+]c1ccc(Oc2ccc(B(O)OB(OB(O)c3ccc(Oc4ccc([N+]#[C-])c(OCCOC(C)=O)n4)cc3CO)c3ccc(Oc4ccc(C#N)c(OCCOC(C)=O)n4)cc3CO)c(CO)c2)nc1OCCOC(C)=O.[C-]#[N+]c1ccc(Oc2ccc3c(c2)COB3O)nc1OCCOC(C)=O. The van der Waals surface area contributed by atoms with Crippen molar-refractivity contribution in [3.63, 3.8) is 0 Å². The number of carbonyl (C=O) groups excluding carboxylic acids is 4. The summed E-state index contributed by atoms with van der Waals surface area (Å²) in [5.41, 5.74) is 2.27. The molecule has 1 aliphatic heterocycles. The Morgan fingerprint density at radius 3 is 1.17 bits per heavy atom. The second kappa shape index (κ2) is 39.2. The smallest absolute Gasteiger partial charge is 0.483 e. The Bertz CT molecular complexity index is 4450. The van der Waals surface area contributed by atoms with Crippen molar-refractivity contribution in [2.75, 3.05) is 52.9 Å². The average molecular weight is 1430 g/mol. The van der Waals surface area contributed by atoms with Crippen molar-refractivity contribution < 1.29 is 120 Å². The number of benzene rings is 4. The molecule has 0 unspecified atom stereocenters. The first kappa shape index (κ1) is 78.3. The van der Waals surface area contributed by atoms with E-state index in [2.05, 4.69) is 34.5 Å². The van der Waals surface area contributed by atoms with Gasteiger partial charge in [0.2, 0.25) is 64.1 Å². The van der Waals surface area contributed by atoms with Gasteiger partial charge in [-0.05, 0) is 135 Å². The summed E-state index contributed by atoms with van der Waals surface area (Å²) in [5.74, 6) is -1.12. The molecule has 6 N–H and O–H groups in total. The minimum Gasteiger partial charge on any atom is -0.483 e. The van der Waals surface area contributed by atoms with Gasteiger partial charge >= 0.3 is 52.4 Å². The number of pyridine rings is 4. The second-order valence-electron chi connectivity index (χ2n) is 21.4. The molecule has 0 saturated carbocycles. The van der Waals surface area contributed by atoms with E-state index in [1.54, 1.807) is 24.3 Å². The van der Waals surface area contributed by atoms with Crippen LogP contribution in [0.4, 0.5) is 17.1 Å². The Morgan fingerprint density at radius 2 is 0.810 bits per heavy atom. The molecule has 0 aliphatic carbocycles. The van der Waals surface area contributed by atoms with Crippen molar-refractivity contribution in [2.24, 2.45) is 0 Å². The summed E-state index contributed by atoms with van der Waals surface area (Å²) in [7, 11) is -6.54. The highest BCUT2D eigenvalue weighted by Gasteiger charge is 2.37. The highest BCUT2D eigenvalue weighted by Crippen LogP contribution is 2.34. The number of nitriles is 1. The maximum Gasteiger partial charge on any atom is 0.491 e. The Morgan fingerprint density at radius 1 is 0.476 bits per heavy atom. The highest BCUT2D eigenvalue weighted by molar-refractivity contribution is 6.79. The fraction of sp³-hybridized carbons (Fsp3) is 0.235. The van der Waals surface area contributed by atoms with Gasteiger partial charge in [-0.15, -0.1) is 0 Å².